The molecule has 0 bridgehead atoms. The Balaban J connectivity index is 1.73. The third-order valence-electron chi connectivity index (χ3n) is 3.39. The molecule has 1 aromatic heterocycles. The summed E-state index contributed by atoms with van der Waals surface area (Å²) in [6.07, 6.45) is 6.50. The predicted molar refractivity (Wildman–Crippen MR) is 69.7 cm³/mol. The van der Waals surface area contributed by atoms with Crippen molar-refractivity contribution >= 4 is 5.97 Å². The molecule has 0 aromatic carbocycles. The highest BCUT2D eigenvalue weighted by Gasteiger charge is 2.18. The molecule has 2 rings (SSSR count). The molecule has 0 saturated heterocycles. The van der Waals surface area contributed by atoms with Crippen LogP contribution in [0.3, 0.4) is 0 Å². The minimum atomic E-state index is -0.156. The zero-order valence-electron chi connectivity index (χ0n) is 11.7. The van der Waals surface area contributed by atoms with Gasteiger partial charge in [-0.25, -0.2) is 0 Å². The maximum atomic E-state index is 11.7. The first-order valence-electron chi connectivity index (χ1n) is 7.17. The van der Waals surface area contributed by atoms with Gasteiger partial charge in [0.1, 0.15) is 6.10 Å². The van der Waals surface area contributed by atoms with Crippen molar-refractivity contribution in [2.45, 2.75) is 70.8 Å². The Hall–Kier alpha value is -1.39. The van der Waals surface area contributed by atoms with Crippen LogP contribution in [-0.2, 0) is 16.0 Å². The number of rotatable bonds is 5. The van der Waals surface area contributed by atoms with Crippen molar-refractivity contribution in [3.8, 4) is 0 Å². The van der Waals surface area contributed by atoms with Gasteiger partial charge < -0.3 is 9.26 Å². The summed E-state index contributed by atoms with van der Waals surface area (Å²) >= 11 is 0. The fourth-order valence-corrected chi connectivity index (χ4v) is 2.24. The second-order valence-corrected chi connectivity index (χ2v) is 5.45. The van der Waals surface area contributed by atoms with E-state index in [4.69, 9.17) is 9.26 Å². The fourth-order valence-electron chi connectivity index (χ4n) is 2.24. The summed E-state index contributed by atoms with van der Waals surface area (Å²) in [5, 5.41) is 3.87. The molecule has 1 saturated carbocycles. The molecule has 0 unspecified atom stereocenters. The lowest BCUT2D eigenvalue weighted by molar-refractivity contribution is -0.150. The largest absolute Gasteiger partial charge is 0.462 e. The van der Waals surface area contributed by atoms with E-state index in [0.29, 0.717) is 24.6 Å². The third-order valence-corrected chi connectivity index (χ3v) is 3.39. The van der Waals surface area contributed by atoms with E-state index < -0.39 is 0 Å². The second kappa shape index (κ2) is 6.68. The number of nitrogens with zero attached hydrogens (tertiary/aromatic N) is 2. The molecule has 1 aliphatic rings. The van der Waals surface area contributed by atoms with Gasteiger partial charge in [0, 0.05) is 12.3 Å². The summed E-state index contributed by atoms with van der Waals surface area (Å²) in [6, 6.07) is 0. The maximum Gasteiger partial charge on any atom is 0.306 e. The summed E-state index contributed by atoms with van der Waals surface area (Å²) in [6.45, 7) is 4.01. The second-order valence-electron chi connectivity index (χ2n) is 5.45. The van der Waals surface area contributed by atoms with Crippen molar-refractivity contribution in [3.05, 3.63) is 11.7 Å². The van der Waals surface area contributed by atoms with Crippen LogP contribution in [0.4, 0.5) is 0 Å². The molecule has 0 radical (unpaired) electrons. The van der Waals surface area contributed by atoms with Crippen LogP contribution in [0.15, 0.2) is 4.52 Å². The number of aryl methyl sites for hydroxylation is 1. The topological polar surface area (TPSA) is 65.2 Å². The van der Waals surface area contributed by atoms with Crippen LogP contribution in [0.25, 0.3) is 0 Å². The lowest BCUT2D eigenvalue weighted by Crippen LogP contribution is -2.21. The average molecular weight is 266 g/mol. The summed E-state index contributed by atoms with van der Waals surface area (Å²) in [5.41, 5.74) is 0. The zero-order valence-corrected chi connectivity index (χ0v) is 11.7. The quantitative estimate of drug-likeness (QED) is 0.766. The van der Waals surface area contributed by atoms with Crippen molar-refractivity contribution < 1.29 is 14.1 Å². The summed E-state index contributed by atoms with van der Waals surface area (Å²) in [4.78, 5) is 16.0. The minimum Gasteiger partial charge on any atom is -0.462 e. The van der Waals surface area contributed by atoms with E-state index in [1.54, 1.807) is 0 Å². The van der Waals surface area contributed by atoms with Gasteiger partial charge in [0.05, 0.1) is 6.42 Å². The van der Waals surface area contributed by atoms with Crippen molar-refractivity contribution in [2.75, 3.05) is 0 Å². The molecule has 1 aliphatic carbocycles. The predicted octanol–water partition coefficient (Wildman–Crippen LogP) is 3.00. The average Bonchev–Trinajstić information content (AvgIpc) is 2.86. The van der Waals surface area contributed by atoms with Crippen molar-refractivity contribution in [1.82, 2.24) is 10.1 Å². The maximum absolute atomic E-state index is 11.7. The number of carbonyl (C=O) groups is 1. The fraction of sp³-hybridized carbons (Fsp3) is 0.786. The van der Waals surface area contributed by atoms with Crippen LogP contribution in [0, 0.1) is 0 Å². The summed E-state index contributed by atoms with van der Waals surface area (Å²) in [7, 11) is 0. The SMILES string of the molecule is CC(C)c1noc(CCC(=O)OC2CCCCC2)n1. The molecule has 0 spiro atoms. The number of carbonyl (C=O) groups excluding carboxylic acids is 1. The van der Waals surface area contributed by atoms with Crippen molar-refractivity contribution in [3.63, 3.8) is 0 Å². The molecule has 0 aliphatic heterocycles. The van der Waals surface area contributed by atoms with Crippen LogP contribution in [0.1, 0.15) is 70.0 Å². The van der Waals surface area contributed by atoms with Crippen LogP contribution >= 0.6 is 0 Å². The van der Waals surface area contributed by atoms with E-state index in [0.717, 1.165) is 12.8 Å². The smallest absolute Gasteiger partial charge is 0.306 e. The third kappa shape index (κ3) is 4.33. The number of aromatic nitrogens is 2. The Labute approximate surface area is 113 Å². The Morgan fingerprint density at radius 2 is 2.11 bits per heavy atom. The Bertz CT molecular complexity index is 409. The van der Waals surface area contributed by atoms with Crippen LogP contribution in [-0.4, -0.2) is 22.2 Å². The molecule has 0 N–H and O–H groups in total. The highest BCUT2D eigenvalue weighted by molar-refractivity contribution is 5.69. The Kier molecular flexibility index (Phi) is 4.93. The Morgan fingerprint density at radius 1 is 1.37 bits per heavy atom. The number of esters is 1. The normalized spacial score (nSPS) is 16.8. The van der Waals surface area contributed by atoms with E-state index in [1.165, 1.54) is 19.3 Å². The molecule has 5 nitrogen and oxygen atoms in total. The standard InChI is InChI=1S/C14H22N2O3/c1-10(2)14-15-12(19-16-14)8-9-13(17)18-11-6-4-3-5-7-11/h10-11H,3-9H2,1-2H3. The van der Waals surface area contributed by atoms with Gasteiger partial charge in [-0.3, -0.25) is 4.79 Å². The molecule has 1 fully saturated rings. The van der Waals surface area contributed by atoms with Gasteiger partial charge in [0.15, 0.2) is 5.82 Å². The van der Waals surface area contributed by atoms with Gasteiger partial charge in [0.25, 0.3) is 0 Å². The molecule has 1 heterocycles. The van der Waals surface area contributed by atoms with Gasteiger partial charge >= 0.3 is 5.97 Å². The van der Waals surface area contributed by atoms with Gasteiger partial charge in [-0.1, -0.05) is 25.4 Å². The molecular weight excluding hydrogens is 244 g/mol. The first kappa shape index (κ1) is 14.0. The van der Waals surface area contributed by atoms with Crippen molar-refractivity contribution in [2.24, 2.45) is 0 Å². The molecule has 0 atom stereocenters. The first-order chi connectivity index (χ1) is 9.15. The van der Waals surface area contributed by atoms with Gasteiger partial charge in [-0.05, 0) is 25.7 Å². The van der Waals surface area contributed by atoms with Crippen LogP contribution < -0.4 is 0 Å². The molecular formula is C14H22N2O3. The zero-order chi connectivity index (χ0) is 13.7. The van der Waals surface area contributed by atoms with Gasteiger partial charge in [0.2, 0.25) is 5.89 Å². The van der Waals surface area contributed by atoms with Gasteiger partial charge in [-0.15, -0.1) is 0 Å². The minimum absolute atomic E-state index is 0.121. The van der Waals surface area contributed by atoms with Crippen LogP contribution in [0.2, 0.25) is 0 Å². The number of hydrogen-bond donors (Lipinski definition) is 0. The molecule has 19 heavy (non-hydrogen) atoms. The van der Waals surface area contributed by atoms with E-state index in [1.807, 2.05) is 13.8 Å². The molecule has 1 aromatic rings. The lowest BCUT2D eigenvalue weighted by atomic mass is 9.98. The van der Waals surface area contributed by atoms with E-state index in [-0.39, 0.29) is 18.0 Å². The van der Waals surface area contributed by atoms with E-state index in [9.17, 15) is 4.79 Å². The molecule has 106 valence electrons. The highest BCUT2D eigenvalue weighted by Crippen LogP contribution is 2.21. The van der Waals surface area contributed by atoms with E-state index in [2.05, 4.69) is 10.1 Å². The molecule has 5 heteroatoms. The lowest BCUT2D eigenvalue weighted by Gasteiger charge is -2.21. The Morgan fingerprint density at radius 3 is 2.74 bits per heavy atom. The van der Waals surface area contributed by atoms with Crippen LogP contribution in [0.5, 0.6) is 0 Å². The number of hydrogen-bond acceptors (Lipinski definition) is 5. The van der Waals surface area contributed by atoms with E-state index >= 15 is 0 Å². The molecule has 0 amide bonds. The summed E-state index contributed by atoms with van der Waals surface area (Å²) < 4.78 is 10.5. The van der Waals surface area contributed by atoms with Crippen molar-refractivity contribution in [1.29, 1.82) is 0 Å². The van der Waals surface area contributed by atoms with Gasteiger partial charge in [-0.2, -0.15) is 4.98 Å². The highest BCUT2D eigenvalue weighted by atomic mass is 16.5. The first-order valence-corrected chi connectivity index (χ1v) is 7.17. The number of ether oxygens (including phenoxy) is 1. The monoisotopic (exact) mass is 266 g/mol. The summed E-state index contributed by atoms with van der Waals surface area (Å²) in [5.74, 6) is 1.29.